The number of hydrazone groups is 1. The van der Waals surface area contributed by atoms with Crippen LogP contribution in [0.3, 0.4) is 0 Å². The van der Waals surface area contributed by atoms with E-state index in [1.165, 1.54) is 11.6 Å². The van der Waals surface area contributed by atoms with Crippen LogP contribution in [-0.2, 0) is 21.1 Å². The molecule has 2 heterocycles. The van der Waals surface area contributed by atoms with Crippen LogP contribution in [0.2, 0.25) is 0 Å². The first-order valence-electron chi connectivity index (χ1n) is 9.40. The molecule has 0 atom stereocenters. The molecule has 1 N–H and O–H groups in total. The van der Waals surface area contributed by atoms with E-state index in [9.17, 15) is 9.59 Å². The number of aromatic nitrogens is 4. The van der Waals surface area contributed by atoms with Crippen LogP contribution >= 0.6 is 0 Å². The Morgan fingerprint density at radius 1 is 1.03 bits per heavy atom. The molecular weight excluding hydrogens is 384 g/mol. The molecule has 0 bridgehead atoms. The third-order valence-electron chi connectivity index (χ3n) is 5.01. The Kier molecular flexibility index (Phi) is 4.86. The predicted octanol–water partition coefficient (Wildman–Crippen LogP) is 1.99. The molecule has 0 saturated heterocycles. The van der Waals surface area contributed by atoms with Gasteiger partial charge in [0.2, 0.25) is 5.95 Å². The maximum absolute atomic E-state index is 12.4. The van der Waals surface area contributed by atoms with Crippen LogP contribution in [0.1, 0.15) is 6.92 Å². The van der Waals surface area contributed by atoms with Gasteiger partial charge in [-0.1, -0.05) is 36.4 Å². The van der Waals surface area contributed by atoms with Crippen molar-refractivity contribution in [2.75, 3.05) is 12.0 Å². The van der Waals surface area contributed by atoms with Gasteiger partial charge in [-0.2, -0.15) is 10.1 Å². The number of fused-ring (bicyclic) bond motifs is 2. The van der Waals surface area contributed by atoms with Crippen LogP contribution in [-0.4, -0.2) is 31.0 Å². The van der Waals surface area contributed by atoms with Crippen molar-refractivity contribution in [3.8, 4) is 5.75 Å². The standard InChI is InChI=1S/C21H22N6O3/c1-13(12-30-16-11-7-9-14-8-5-6-10-15(14)16)23-24-20-22-18-17(25(20)2)19(28)27(4)21(29)26(18)3/h5-11H,12H2,1-4H3,(H,22,24)/b23-13-. The number of ether oxygens (including phenoxy) is 1. The average molecular weight is 406 g/mol. The van der Waals surface area contributed by atoms with Crippen LogP contribution in [0.25, 0.3) is 21.9 Å². The molecule has 0 fully saturated rings. The van der Waals surface area contributed by atoms with Gasteiger partial charge < -0.3 is 9.30 Å². The Morgan fingerprint density at radius 3 is 2.57 bits per heavy atom. The first-order chi connectivity index (χ1) is 14.4. The highest BCUT2D eigenvalue weighted by molar-refractivity contribution is 5.89. The molecule has 9 heteroatoms. The molecule has 0 aliphatic carbocycles. The van der Waals surface area contributed by atoms with Gasteiger partial charge in [-0.25, -0.2) is 10.2 Å². The fraction of sp³-hybridized carbons (Fsp3) is 0.238. The minimum Gasteiger partial charge on any atom is -0.487 e. The lowest BCUT2D eigenvalue weighted by atomic mass is 10.1. The first-order valence-corrected chi connectivity index (χ1v) is 9.40. The van der Waals surface area contributed by atoms with Crippen molar-refractivity contribution >= 4 is 33.6 Å². The molecule has 4 rings (SSSR count). The maximum atomic E-state index is 12.4. The summed E-state index contributed by atoms with van der Waals surface area (Å²) in [6.45, 7) is 2.11. The van der Waals surface area contributed by atoms with E-state index in [1.807, 2.05) is 49.4 Å². The number of hydrogen-bond acceptors (Lipinski definition) is 6. The van der Waals surface area contributed by atoms with Crippen LogP contribution in [0.15, 0.2) is 57.2 Å². The summed E-state index contributed by atoms with van der Waals surface area (Å²) in [6.07, 6.45) is 0. The summed E-state index contributed by atoms with van der Waals surface area (Å²) in [6, 6.07) is 13.9. The van der Waals surface area contributed by atoms with Crippen molar-refractivity contribution in [2.45, 2.75) is 6.92 Å². The SMILES string of the molecule is C/C(COc1cccc2ccccc12)=N/Nc1nc2c(c(=O)n(C)c(=O)n2C)n1C. The number of imidazole rings is 1. The molecule has 0 spiro atoms. The third kappa shape index (κ3) is 3.24. The van der Waals surface area contributed by atoms with Crippen molar-refractivity contribution < 1.29 is 4.74 Å². The van der Waals surface area contributed by atoms with Gasteiger partial charge >= 0.3 is 5.69 Å². The Morgan fingerprint density at radius 2 is 1.77 bits per heavy atom. The Bertz CT molecular complexity index is 1410. The lowest BCUT2D eigenvalue weighted by Crippen LogP contribution is -2.37. The molecule has 4 aromatic rings. The Balaban J connectivity index is 1.56. The molecule has 0 saturated carbocycles. The first kappa shape index (κ1) is 19.4. The van der Waals surface area contributed by atoms with E-state index >= 15 is 0 Å². The van der Waals surface area contributed by atoms with E-state index in [4.69, 9.17) is 4.74 Å². The highest BCUT2D eigenvalue weighted by Gasteiger charge is 2.16. The second kappa shape index (κ2) is 7.51. The van der Waals surface area contributed by atoms with Crippen molar-refractivity contribution in [1.82, 2.24) is 18.7 Å². The molecule has 154 valence electrons. The zero-order chi connectivity index (χ0) is 21.4. The number of nitrogens with zero attached hydrogens (tertiary/aromatic N) is 5. The van der Waals surface area contributed by atoms with Gasteiger partial charge in [-0.3, -0.25) is 13.9 Å². The van der Waals surface area contributed by atoms with E-state index in [1.54, 1.807) is 18.7 Å². The van der Waals surface area contributed by atoms with E-state index in [-0.39, 0.29) is 6.61 Å². The van der Waals surface area contributed by atoms with Gasteiger partial charge in [0.15, 0.2) is 11.2 Å². The normalized spacial score (nSPS) is 11.9. The molecule has 0 radical (unpaired) electrons. The topological polar surface area (TPSA) is 95.4 Å². The van der Waals surface area contributed by atoms with Gasteiger partial charge in [0.25, 0.3) is 5.56 Å². The number of aryl methyl sites for hydroxylation is 2. The fourth-order valence-electron chi connectivity index (χ4n) is 3.30. The summed E-state index contributed by atoms with van der Waals surface area (Å²) >= 11 is 0. The summed E-state index contributed by atoms with van der Waals surface area (Å²) in [7, 11) is 4.71. The van der Waals surface area contributed by atoms with Crippen molar-refractivity contribution in [2.24, 2.45) is 26.2 Å². The molecule has 2 aromatic heterocycles. The second-order valence-corrected chi connectivity index (χ2v) is 7.10. The number of hydrogen-bond donors (Lipinski definition) is 1. The van der Waals surface area contributed by atoms with Crippen molar-refractivity contribution in [3.63, 3.8) is 0 Å². The minimum absolute atomic E-state index is 0.283. The number of benzene rings is 2. The zero-order valence-electron chi connectivity index (χ0n) is 17.2. The van der Waals surface area contributed by atoms with E-state index < -0.39 is 11.2 Å². The highest BCUT2D eigenvalue weighted by Crippen LogP contribution is 2.25. The largest absolute Gasteiger partial charge is 0.487 e. The van der Waals surface area contributed by atoms with Crippen LogP contribution in [0.4, 0.5) is 5.95 Å². The molecule has 2 aromatic carbocycles. The third-order valence-corrected chi connectivity index (χ3v) is 5.01. The average Bonchev–Trinajstić information content (AvgIpc) is 3.09. The maximum Gasteiger partial charge on any atom is 0.332 e. The molecule has 0 aliphatic rings. The molecule has 0 aliphatic heterocycles. The summed E-state index contributed by atoms with van der Waals surface area (Å²) in [5.74, 6) is 1.14. The zero-order valence-corrected chi connectivity index (χ0v) is 17.2. The summed E-state index contributed by atoms with van der Waals surface area (Å²) in [4.78, 5) is 28.9. The van der Waals surface area contributed by atoms with E-state index in [0.717, 1.165) is 21.1 Å². The molecule has 9 nitrogen and oxygen atoms in total. The van der Waals surface area contributed by atoms with Gasteiger partial charge in [-0.15, -0.1) is 0 Å². The Hall–Kier alpha value is -3.88. The summed E-state index contributed by atoms with van der Waals surface area (Å²) < 4.78 is 9.91. The van der Waals surface area contributed by atoms with Crippen LogP contribution in [0.5, 0.6) is 5.75 Å². The molecule has 0 unspecified atom stereocenters. The van der Waals surface area contributed by atoms with Crippen molar-refractivity contribution in [3.05, 3.63) is 63.3 Å². The fourth-order valence-corrected chi connectivity index (χ4v) is 3.30. The van der Waals surface area contributed by atoms with Gasteiger partial charge in [-0.05, 0) is 18.4 Å². The van der Waals surface area contributed by atoms with Gasteiger partial charge in [0, 0.05) is 26.5 Å². The molecular formula is C21H22N6O3. The predicted molar refractivity (Wildman–Crippen MR) is 117 cm³/mol. The number of anilines is 1. The summed E-state index contributed by atoms with van der Waals surface area (Å²) in [5, 5.41) is 6.45. The van der Waals surface area contributed by atoms with E-state index in [0.29, 0.717) is 22.8 Å². The lowest BCUT2D eigenvalue weighted by Gasteiger charge is -2.09. The van der Waals surface area contributed by atoms with Crippen molar-refractivity contribution in [1.29, 1.82) is 0 Å². The minimum atomic E-state index is -0.430. The Labute approximate surface area is 171 Å². The summed E-state index contributed by atoms with van der Waals surface area (Å²) in [5.41, 5.74) is 3.34. The second-order valence-electron chi connectivity index (χ2n) is 7.10. The lowest BCUT2D eigenvalue weighted by molar-refractivity contribution is 0.380. The number of rotatable bonds is 5. The van der Waals surface area contributed by atoms with Gasteiger partial charge in [0.05, 0.1) is 5.71 Å². The van der Waals surface area contributed by atoms with Crippen LogP contribution in [0, 0.1) is 0 Å². The monoisotopic (exact) mass is 406 g/mol. The molecule has 0 amide bonds. The number of nitrogens with one attached hydrogen (secondary N) is 1. The smallest absolute Gasteiger partial charge is 0.332 e. The quantitative estimate of drug-likeness (QED) is 0.404. The van der Waals surface area contributed by atoms with Gasteiger partial charge in [0.1, 0.15) is 12.4 Å². The molecule has 30 heavy (non-hydrogen) atoms. The van der Waals surface area contributed by atoms with E-state index in [2.05, 4.69) is 15.5 Å². The van der Waals surface area contributed by atoms with Crippen LogP contribution < -0.4 is 21.4 Å². The highest BCUT2D eigenvalue weighted by atomic mass is 16.5.